The summed E-state index contributed by atoms with van der Waals surface area (Å²) < 4.78 is 7.61. The molecule has 2 rings (SSSR count). The zero-order valence-corrected chi connectivity index (χ0v) is 11.5. The molecule has 0 aliphatic heterocycles. The molecule has 0 atom stereocenters. The first-order valence-electron chi connectivity index (χ1n) is 5.46. The van der Waals surface area contributed by atoms with E-state index in [2.05, 4.69) is 27.1 Å². The quantitative estimate of drug-likeness (QED) is 0.873. The van der Waals surface area contributed by atoms with Gasteiger partial charge in [-0.25, -0.2) is 0 Å². The van der Waals surface area contributed by atoms with E-state index in [1.165, 1.54) is 0 Å². The summed E-state index contributed by atoms with van der Waals surface area (Å²) in [6.45, 7) is 1.32. The number of rotatable bonds is 4. The minimum Gasteiger partial charge on any atom is -0.383 e. The number of hydrogen-bond donors (Lipinski definition) is 0. The summed E-state index contributed by atoms with van der Waals surface area (Å²) in [5.41, 5.74) is 2.45. The lowest BCUT2D eigenvalue weighted by molar-refractivity contribution is 0.183. The molecule has 1 heterocycles. The average Bonchev–Trinajstić information content (AvgIpc) is 2.84. The number of methoxy groups -OCH3 is 1. The Morgan fingerprint density at radius 1 is 1.50 bits per heavy atom. The van der Waals surface area contributed by atoms with E-state index in [4.69, 9.17) is 4.74 Å². The molecule has 92 valence electrons. The van der Waals surface area contributed by atoms with E-state index in [0.717, 1.165) is 15.6 Å². The Morgan fingerprint density at radius 3 is 3.06 bits per heavy atom. The van der Waals surface area contributed by atoms with E-state index < -0.39 is 0 Å². The van der Waals surface area contributed by atoms with Gasteiger partial charge in [0.25, 0.3) is 0 Å². The normalized spacial score (nSPS) is 10.3. The van der Waals surface area contributed by atoms with Crippen molar-refractivity contribution in [1.29, 1.82) is 5.26 Å². The monoisotopic (exact) mass is 305 g/mol. The van der Waals surface area contributed by atoms with Crippen molar-refractivity contribution in [3.8, 4) is 17.2 Å². The molecule has 1 aromatic carbocycles. The minimum atomic E-state index is 0.616. The maximum atomic E-state index is 9.18. The molecular weight excluding hydrogens is 294 g/mol. The molecule has 0 aliphatic rings. The summed E-state index contributed by atoms with van der Waals surface area (Å²) in [5, 5.41) is 13.4. The van der Waals surface area contributed by atoms with Crippen molar-refractivity contribution in [3.05, 3.63) is 40.6 Å². The maximum absolute atomic E-state index is 9.18. The summed E-state index contributed by atoms with van der Waals surface area (Å²) in [4.78, 5) is 0. The molecule has 0 spiro atoms. The summed E-state index contributed by atoms with van der Waals surface area (Å²) in [6.07, 6.45) is 3.68. The van der Waals surface area contributed by atoms with Gasteiger partial charge < -0.3 is 4.74 Å². The number of ether oxygens (including phenoxy) is 1. The van der Waals surface area contributed by atoms with Crippen LogP contribution in [0.5, 0.6) is 0 Å². The lowest BCUT2D eigenvalue weighted by Gasteiger charge is -2.02. The molecule has 0 unspecified atom stereocenters. The third kappa shape index (κ3) is 2.61. The number of benzene rings is 1. The molecule has 4 nitrogen and oxygen atoms in total. The lowest BCUT2D eigenvalue weighted by atomic mass is 10.0. The van der Waals surface area contributed by atoms with Crippen LogP contribution in [0.4, 0.5) is 0 Å². The van der Waals surface area contributed by atoms with Crippen LogP contribution in [0.3, 0.4) is 0 Å². The molecule has 0 aliphatic carbocycles. The molecule has 18 heavy (non-hydrogen) atoms. The van der Waals surface area contributed by atoms with Gasteiger partial charge in [0.1, 0.15) is 6.07 Å². The van der Waals surface area contributed by atoms with E-state index in [1.54, 1.807) is 18.0 Å². The SMILES string of the molecule is COCCn1cc(-c2cccc(Br)c2C#N)cn1. The topological polar surface area (TPSA) is 50.8 Å². The molecule has 0 amide bonds. The van der Waals surface area contributed by atoms with Gasteiger partial charge in [0.15, 0.2) is 0 Å². The van der Waals surface area contributed by atoms with Gasteiger partial charge in [-0.2, -0.15) is 10.4 Å². The van der Waals surface area contributed by atoms with Crippen LogP contribution in [0, 0.1) is 11.3 Å². The molecule has 0 fully saturated rings. The van der Waals surface area contributed by atoms with Crippen LogP contribution in [-0.2, 0) is 11.3 Å². The molecule has 0 bridgehead atoms. The van der Waals surface area contributed by atoms with Crippen LogP contribution >= 0.6 is 15.9 Å². The van der Waals surface area contributed by atoms with Gasteiger partial charge in [0, 0.05) is 28.9 Å². The van der Waals surface area contributed by atoms with Crippen LogP contribution in [0.2, 0.25) is 0 Å². The second-order valence-corrected chi connectivity index (χ2v) is 4.61. The van der Waals surface area contributed by atoms with Crippen LogP contribution in [0.1, 0.15) is 5.56 Å². The predicted octanol–water partition coefficient (Wildman–Crippen LogP) is 2.83. The van der Waals surface area contributed by atoms with Crippen molar-refractivity contribution < 1.29 is 4.74 Å². The Balaban J connectivity index is 2.35. The Labute approximate surface area is 114 Å². The number of nitrogens with zero attached hydrogens (tertiary/aromatic N) is 3. The minimum absolute atomic E-state index is 0.616. The molecule has 1 aromatic heterocycles. The standard InChI is InChI=1S/C13H12BrN3O/c1-18-6-5-17-9-10(8-16-17)11-3-2-4-13(14)12(11)7-15/h2-4,8-9H,5-6H2,1H3. The lowest BCUT2D eigenvalue weighted by Crippen LogP contribution is -2.03. The van der Waals surface area contributed by atoms with Gasteiger partial charge in [-0.05, 0) is 22.0 Å². The Kier molecular flexibility index (Phi) is 4.13. The van der Waals surface area contributed by atoms with E-state index >= 15 is 0 Å². The molecule has 2 aromatic rings. The zero-order valence-electron chi connectivity index (χ0n) is 9.93. The Hall–Kier alpha value is -1.64. The van der Waals surface area contributed by atoms with E-state index in [1.807, 2.05) is 24.4 Å². The molecule has 0 saturated carbocycles. The summed E-state index contributed by atoms with van der Waals surface area (Å²) in [7, 11) is 1.66. The van der Waals surface area contributed by atoms with Gasteiger partial charge in [0.2, 0.25) is 0 Å². The van der Waals surface area contributed by atoms with Crippen molar-refractivity contribution in [2.45, 2.75) is 6.54 Å². The van der Waals surface area contributed by atoms with Gasteiger partial charge in [-0.1, -0.05) is 12.1 Å². The third-order valence-corrected chi connectivity index (χ3v) is 3.26. The Bertz CT molecular complexity index is 586. The summed E-state index contributed by atoms with van der Waals surface area (Å²) in [6, 6.07) is 7.89. The van der Waals surface area contributed by atoms with Crippen molar-refractivity contribution >= 4 is 15.9 Å². The highest BCUT2D eigenvalue weighted by molar-refractivity contribution is 9.10. The molecule has 0 radical (unpaired) electrons. The fourth-order valence-electron chi connectivity index (χ4n) is 1.69. The number of nitriles is 1. The summed E-state index contributed by atoms with van der Waals surface area (Å²) >= 11 is 3.38. The number of hydrogen-bond acceptors (Lipinski definition) is 3. The fourth-order valence-corrected chi connectivity index (χ4v) is 2.14. The van der Waals surface area contributed by atoms with Gasteiger partial charge in [-0.15, -0.1) is 0 Å². The second kappa shape index (κ2) is 5.80. The molecular formula is C13H12BrN3O. The van der Waals surface area contributed by atoms with Crippen LogP contribution in [0.15, 0.2) is 35.1 Å². The van der Waals surface area contributed by atoms with Gasteiger partial charge in [0.05, 0.1) is 24.9 Å². The molecule has 0 saturated heterocycles. The average molecular weight is 306 g/mol. The van der Waals surface area contributed by atoms with Crippen molar-refractivity contribution in [2.24, 2.45) is 0 Å². The second-order valence-electron chi connectivity index (χ2n) is 3.76. The van der Waals surface area contributed by atoms with Crippen LogP contribution in [-0.4, -0.2) is 23.5 Å². The van der Waals surface area contributed by atoms with E-state index in [0.29, 0.717) is 18.7 Å². The van der Waals surface area contributed by atoms with Gasteiger partial charge >= 0.3 is 0 Å². The highest BCUT2D eigenvalue weighted by Crippen LogP contribution is 2.28. The zero-order chi connectivity index (χ0) is 13.0. The third-order valence-electron chi connectivity index (χ3n) is 2.59. The van der Waals surface area contributed by atoms with E-state index in [9.17, 15) is 5.26 Å². The van der Waals surface area contributed by atoms with Crippen LogP contribution in [0.25, 0.3) is 11.1 Å². The largest absolute Gasteiger partial charge is 0.383 e. The van der Waals surface area contributed by atoms with Crippen LogP contribution < -0.4 is 0 Å². The van der Waals surface area contributed by atoms with Crippen molar-refractivity contribution in [2.75, 3.05) is 13.7 Å². The van der Waals surface area contributed by atoms with E-state index in [-0.39, 0.29) is 0 Å². The first-order chi connectivity index (χ1) is 8.76. The smallest absolute Gasteiger partial charge is 0.101 e. The Morgan fingerprint density at radius 2 is 2.33 bits per heavy atom. The maximum Gasteiger partial charge on any atom is 0.101 e. The first-order valence-corrected chi connectivity index (χ1v) is 6.26. The highest BCUT2D eigenvalue weighted by Gasteiger charge is 2.09. The predicted molar refractivity (Wildman–Crippen MR) is 72.0 cm³/mol. The number of halogens is 1. The molecule has 5 heteroatoms. The molecule has 0 N–H and O–H groups in total. The summed E-state index contributed by atoms with van der Waals surface area (Å²) in [5.74, 6) is 0. The fraction of sp³-hybridized carbons (Fsp3) is 0.231. The first kappa shape index (κ1) is 12.8. The van der Waals surface area contributed by atoms with Crippen molar-refractivity contribution in [3.63, 3.8) is 0 Å². The number of aromatic nitrogens is 2. The van der Waals surface area contributed by atoms with Gasteiger partial charge in [-0.3, -0.25) is 4.68 Å². The van der Waals surface area contributed by atoms with Crippen molar-refractivity contribution in [1.82, 2.24) is 9.78 Å². The highest BCUT2D eigenvalue weighted by atomic mass is 79.9.